The summed E-state index contributed by atoms with van der Waals surface area (Å²) in [5.74, 6) is -3.14. The van der Waals surface area contributed by atoms with Gasteiger partial charge in [-0.05, 0) is 89.7 Å². The Kier molecular flexibility index (Phi) is 13.5. The number of unbranched alkanes of at least 4 members (excludes halogenated alkanes) is 1. The van der Waals surface area contributed by atoms with E-state index < -0.39 is 34.7 Å². The number of carboxylic acid groups (broad SMARTS) is 1. The maximum Gasteiger partial charge on any atom is 0.410 e. The highest BCUT2D eigenvalue weighted by Gasteiger charge is 2.55. The molecule has 2 radical (unpaired) electrons. The van der Waals surface area contributed by atoms with E-state index in [1.54, 1.807) is 24.1 Å². The number of nitrogens with one attached hydrogen (secondary N) is 1. The summed E-state index contributed by atoms with van der Waals surface area (Å²) in [6, 6.07) is 3.36. The van der Waals surface area contributed by atoms with Crippen molar-refractivity contribution in [3.05, 3.63) is 24.5 Å². The number of cyclic esters (lactones) is 1. The molecule has 258 valence electrons. The number of aryl methyl sites for hydroxylation is 1. The quantitative estimate of drug-likeness (QED) is 0.120. The first kappa shape index (κ1) is 38.1. The van der Waals surface area contributed by atoms with E-state index in [1.165, 1.54) is 6.92 Å². The Labute approximate surface area is 280 Å². The van der Waals surface area contributed by atoms with E-state index in [0.29, 0.717) is 37.4 Å². The van der Waals surface area contributed by atoms with E-state index >= 15 is 0 Å². The zero-order chi connectivity index (χ0) is 34.9. The molecule has 1 amide bonds. The van der Waals surface area contributed by atoms with Crippen molar-refractivity contribution in [1.29, 1.82) is 0 Å². The molecule has 0 aromatic carbocycles. The summed E-state index contributed by atoms with van der Waals surface area (Å²) in [5, 5.41) is 29.3. The van der Waals surface area contributed by atoms with Gasteiger partial charge in [0, 0.05) is 38.9 Å². The highest BCUT2D eigenvalue weighted by molar-refractivity contribution is 6.15. The minimum atomic E-state index is -1.16. The summed E-state index contributed by atoms with van der Waals surface area (Å²) in [5.41, 5.74) is -0.184. The summed E-state index contributed by atoms with van der Waals surface area (Å²) in [6.45, 7) is 15.5. The molecule has 13 nitrogen and oxygen atoms in total. The fraction of sp³-hybridized carbons (Fsp3) is 0.727. The number of amides is 1. The first-order valence-electron chi connectivity index (χ1n) is 16.6. The second-order valence-corrected chi connectivity index (χ2v) is 13.5. The Morgan fingerprint density at radius 1 is 1.19 bits per heavy atom. The molecule has 1 fully saturated rings. The van der Waals surface area contributed by atoms with Crippen LogP contribution >= 0.6 is 0 Å². The minimum absolute atomic E-state index is 0.0854. The van der Waals surface area contributed by atoms with Crippen molar-refractivity contribution in [1.82, 2.24) is 35.4 Å². The third-order valence-electron chi connectivity index (χ3n) is 10.0. The summed E-state index contributed by atoms with van der Waals surface area (Å²) in [4.78, 5) is 38.9. The molecule has 47 heavy (non-hydrogen) atoms. The van der Waals surface area contributed by atoms with Crippen LogP contribution in [0.5, 0.6) is 0 Å². The summed E-state index contributed by atoms with van der Waals surface area (Å²) in [6.07, 6.45) is 6.03. The molecule has 3 rings (SSSR count). The summed E-state index contributed by atoms with van der Waals surface area (Å²) in [7, 11) is 7.97. The Morgan fingerprint density at radius 3 is 2.51 bits per heavy atom. The second kappa shape index (κ2) is 16.6. The van der Waals surface area contributed by atoms with E-state index in [1.807, 2.05) is 31.0 Å². The average molecular weight is 654 g/mol. The van der Waals surface area contributed by atoms with Crippen molar-refractivity contribution in [2.75, 3.05) is 20.2 Å². The molecule has 3 heterocycles. The van der Waals surface area contributed by atoms with Crippen LogP contribution < -0.4 is 5.32 Å². The number of ether oxygens (including phenoxy) is 2. The van der Waals surface area contributed by atoms with E-state index in [2.05, 4.69) is 53.5 Å². The number of Topliss-reactive ketones (excluding diaryl/α,β-unsaturated/α-hetero) is 1. The molecular weight excluding hydrogens is 601 g/mol. The van der Waals surface area contributed by atoms with Crippen molar-refractivity contribution in [2.45, 2.75) is 116 Å². The lowest BCUT2D eigenvalue weighted by molar-refractivity contribution is -0.146. The number of methoxy groups -OCH3 is 1. The van der Waals surface area contributed by atoms with Crippen LogP contribution in [0.25, 0.3) is 11.4 Å². The van der Waals surface area contributed by atoms with Crippen molar-refractivity contribution >= 4 is 25.7 Å². The maximum absolute atomic E-state index is 13.3. The molecule has 1 aliphatic rings. The van der Waals surface area contributed by atoms with Crippen LogP contribution in [0.4, 0.5) is 4.79 Å². The first-order chi connectivity index (χ1) is 22.2. The van der Waals surface area contributed by atoms with Gasteiger partial charge in [0.05, 0.1) is 25.7 Å². The number of carbonyl (C=O) groups excluding carboxylic acids is 2. The largest absolute Gasteiger partial charge is 0.481 e. The van der Waals surface area contributed by atoms with Crippen molar-refractivity contribution < 1.29 is 29.0 Å². The van der Waals surface area contributed by atoms with Gasteiger partial charge in [-0.2, -0.15) is 5.10 Å². The number of ketones is 1. The van der Waals surface area contributed by atoms with Gasteiger partial charge in [-0.3, -0.25) is 19.2 Å². The molecule has 0 bridgehead atoms. The molecule has 14 heteroatoms. The van der Waals surface area contributed by atoms with Gasteiger partial charge in [-0.1, -0.05) is 26.0 Å². The minimum Gasteiger partial charge on any atom is -0.481 e. The first-order valence-corrected chi connectivity index (χ1v) is 16.6. The van der Waals surface area contributed by atoms with Gasteiger partial charge < -0.3 is 19.9 Å². The van der Waals surface area contributed by atoms with Gasteiger partial charge in [0.1, 0.15) is 28.7 Å². The number of carboxylic acids is 1. The fourth-order valence-electron chi connectivity index (χ4n) is 6.44. The molecule has 8 atom stereocenters. The van der Waals surface area contributed by atoms with Crippen molar-refractivity contribution in [3.63, 3.8) is 0 Å². The second-order valence-electron chi connectivity index (χ2n) is 13.5. The van der Waals surface area contributed by atoms with Gasteiger partial charge in [0.2, 0.25) is 0 Å². The monoisotopic (exact) mass is 653 g/mol. The molecule has 2 aromatic rings. The van der Waals surface area contributed by atoms with Crippen LogP contribution in [-0.4, -0.2) is 104 Å². The van der Waals surface area contributed by atoms with Gasteiger partial charge in [0.25, 0.3) is 0 Å². The lowest BCUT2D eigenvalue weighted by Crippen LogP contribution is -2.58. The van der Waals surface area contributed by atoms with E-state index in [0.717, 1.165) is 19.3 Å². The number of hydrogen-bond donors (Lipinski definition) is 2. The highest BCUT2D eigenvalue weighted by atomic mass is 16.6. The predicted molar refractivity (Wildman–Crippen MR) is 178 cm³/mol. The number of nitrogens with zero attached hydrogens (tertiary/aromatic N) is 6. The van der Waals surface area contributed by atoms with Crippen LogP contribution in [0, 0.1) is 17.8 Å². The average Bonchev–Trinajstić information content (AvgIpc) is 3.63. The Bertz CT molecular complexity index is 1330. The topological polar surface area (TPSA) is 162 Å². The number of carbonyl (C=O) groups is 3. The third kappa shape index (κ3) is 9.37. The SMILES string of the molecule is [B][C@H](CC(=O)[C@@H](C)C(=O)O)[C@](C)(C[C@@H](C)CN[C@H](C)[C@H]1N(CCCCn2cc(-c3cccnn3)nn2)C(=O)O[C@]1(C)[C@H](C)CC)OC. The van der Waals surface area contributed by atoms with Gasteiger partial charge in [-0.15, -0.1) is 10.2 Å². The molecule has 0 unspecified atom stereocenters. The smallest absolute Gasteiger partial charge is 0.410 e. The lowest BCUT2D eigenvalue weighted by Gasteiger charge is -2.41. The molecule has 1 saturated heterocycles. The Balaban J connectivity index is 1.61. The molecule has 2 aromatic heterocycles. The number of rotatable bonds is 20. The summed E-state index contributed by atoms with van der Waals surface area (Å²) >= 11 is 0. The van der Waals surface area contributed by atoms with Crippen molar-refractivity contribution in [2.24, 2.45) is 17.8 Å². The zero-order valence-electron chi connectivity index (χ0n) is 29.2. The van der Waals surface area contributed by atoms with Gasteiger partial charge in [0.15, 0.2) is 0 Å². The van der Waals surface area contributed by atoms with Crippen LogP contribution in [0.1, 0.15) is 80.6 Å². The molecule has 0 spiro atoms. The molecule has 1 aliphatic heterocycles. The molecule has 2 N–H and O–H groups in total. The molecule has 0 saturated carbocycles. The lowest BCUT2D eigenvalue weighted by atomic mass is 9.67. The van der Waals surface area contributed by atoms with E-state index in [4.69, 9.17) is 17.3 Å². The predicted octanol–water partition coefficient (Wildman–Crippen LogP) is 4.19. The van der Waals surface area contributed by atoms with E-state index in [9.17, 15) is 19.5 Å². The highest BCUT2D eigenvalue weighted by Crippen LogP contribution is 2.40. The molecular formula is C33H52BN7O6. The number of hydrogen-bond acceptors (Lipinski definition) is 10. The third-order valence-corrected chi connectivity index (χ3v) is 10.0. The van der Waals surface area contributed by atoms with Gasteiger partial charge in [-0.25, -0.2) is 4.79 Å². The van der Waals surface area contributed by atoms with Crippen LogP contribution in [0.15, 0.2) is 24.5 Å². The van der Waals surface area contributed by atoms with Crippen LogP contribution in [0.2, 0.25) is 5.82 Å². The molecule has 0 aliphatic carbocycles. The fourth-order valence-corrected chi connectivity index (χ4v) is 6.44. The number of aromatic nitrogens is 5. The normalized spacial score (nSPS) is 22.6. The summed E-state index contributed by atoms with van der Waals surface area (Å²) < 4.78 is 13.7. The number of aliphatic carboxylic acids is 1. The van der Waals surface area contributed by atoms with E-state index in [-0.39, 0.29) is 36.4 Å². The Morgan fingerprint density at radius 2 is 1.89 bits per heavy atom. The van der Waals surface area contributed by atoms with Crippen LogP contribution in [-0.2, 0) is 25.6 Å². The van der Waals surface area contributed by atoms with Gasteiger partial charge >= 0.3 is 12.1 Å². The standard InChI is InChI=1S/C33H52BN7O6/c1-9-22(3)33(7)29(24(5)35-19-21(2)18-32(6,46-8)28(34)17-27(42)23(4)30(43)44)41(31(45)47-33)16-11-10-15-40-20-26(38-39-40)25-13-12-14-36-37-25/h12-14,20-24,28-29,35H,9-11,15-19H2,1-8H3,(H,43,44)/t21-,22-,23-,24-,28-,29-,32+,33-/m1/s1. The maximum atomic E-state index is 13.3. The van der Waals surface area contributed by atoms with Crippen molar-refractivity contribution in [3.8, 4) is 11.4 Å². The zero-order valence-corrected chi connectivity index (χ0v) is 29.2. The Hall–Kier alpha value is -3.39. The van der Waals surface area contributed by atoms with Crippen LogP contribution in [0.3, 0.4) is 0 Å².